The van der Waals surface area contributed by atoms with E-state index < -0.39 is 10.0 Å². The molecule has 0 aliphatic carbocycles. The number of ether oxygens (including phenoxy) is 1. The molecular formula is C25H33N3O4S2. The van der Waals surface area contributed by atoms with Gasteiger partial charge in [-0.15, -0.1) is 0 Å². The average Bonchev–Trinajstić information content (AvgIpc) is 2.79. The number of nitrogens with zero attached hydrogens (tertiary/aromatic N) is 1. The van der Waals surface area contributed by atoms with Gasteiger partial charge in [-0.3, -0.25) is 10.1 Å². The van der Waals surface area contributed by atoms with Crippen molar-refractivity contribution in [2.45, 2.75) is 44.9 Å². The summed E-state index contributed by atoms with van der Waals surface area (Å²) in [5.41, 5.74) is 0.977. The Labute approximate surface area is 207 Å². The number of hydrogen-bond donors (Lipinski definition) is 2. The van der Waals surface area contributed by atoms with Crippen molar-refractivity contribution in [3.63, 3.8) is 0 Å². The lowest BCUT2D eigenvalue weighted by Crippen LogP contribution is -2.37. The lowest BCUT2D eigenvalue weighted by Gasteiger charge is -2.29. The van der Waals surface area contributed by atoms with Gasteiger partial charge >= 0.3 is 0 Å². The van der Waals surface area contributed by atoms with E-state index >= 15 is 0 Å². The highest BCUT2D eigenvalue weighted by molar-refractivity contribution is 7.89. The third-order valence-electron chi connectivity index (χ3n) is 5.80. The Morgan fingerprint density at radius 1 is 1.12 bits per heavy atom. The van der Waals surface area contributed by atoms with Gasteiger partial charge in [0.25, 0.3) is 5.91 Å². The summed E-state index contributed by atoms with van der Waals surface area (Å²) >= 11 is 5.29. The molecule has 3 rings (SSSR count). The molecule has 0 aromatic heterocycles. The number of sulfonamides is 1. The first-order valence-corrected chi connectivity index (χ1v) is 13.5. The van der Waals surface area contributed by atoms with Crippen molar-refractivity contribution in [1.82, 2.24) is 9.62 Å². The number of anilines is 1. The lowest BCUT2D eigenvalue weighted by molar-refractivity contribution is 0.0973. The topological polar surface area (TPSA) is 87.7 Å². The average molecular weight is 504 g/mol. The van der Waals surface area contributed by atoms with Crippen LogP contribution in [0.5, 0.6) is 5.75 Å². The molecule has 2 aromatic rings. The van der Waals surface area contributed by atoms with Gasteiger partial charge in [-0.25, -0.2) is 8.42 Å². The first kappa shape index (κ1) is 26.1. The number of piperidine rings is 1. The highest BCUT2D eigenvalue weighted by Gasteiger charge is 2.27. The van der Waals surface area contributed by atoms with Crippen LogP contribution < -0.4 is 15.4 Å². The zero-order chi connectivity index (χ0) is 24.7. The van der Waals surface area contributed by atoms with Crippen LogP contribution in [0.3, 0.4) is 0 Å². The highest BCUT2D eigenvalue weighted by Crippen LogP contribution is 2.24. The number of amides is 1. The Morgan fingerprint density at radius 2 is 1.76 bits per heavy atom. The van der Waals surface area contributed by atoms with Crippen LogP contribution >= 0.6 is 12.2 Å². The van der Waals surface area contributed by atoms with Crippen LogP contribution in [-0.2, 0) is 10.0 Å². The molecule has 0 unspecified atom stereocenters. The molecule has 184 valence electrons. The predicted molar refractivity (Wildman–Crippen MR) is 139 cm³/mol. The van der Waals surface area contributed by atoms with Crippen LogP contribution in [0, 0.1) is 11.8 Å². The molecule has 0 spiro atoms. The number of nitrogens with one attached hydrogen (secondary N) is 2. The molecule has 34 heavy (non-hydrogen) atoms. The first-order chi connectivity index (χ1) is 16.2. The van der Waals surface area contributed by atoms with Gasteiger partial charge in [-0.05, 0) is 79.7 Å². The zero-order valence-corrected chi connectivity index (χ0v) is 21.5. The number of benzene rings is 2. The summed E-state index contributed by atoms with van der Waals surface area (Å²) in [7, 11) is -3.51. The van der Waals surface area contributed by atoms with Crippen molar-refractivity contribution in [2.24, 2.45) is 11.8 Å². The molecule has 1 fully saturated rings. The molecule has 0 atom stereocenters. The smallest absolute Gasteiger partial charge is 0.261 e. The molecule has 1 aliphatic heterocycles. The second kappa shape index (κ2) is 11.8. The molecule has 0 radical (unpaired) electrons. The van der Waals surface area contributed by atoms with E-state index in [9.17, 15) is 13.2 Å². The van der Waals surface area contributed by atoms with E-state index in [2.05, 4.69) is 31.4 Å². The number of para-hydroxylation sites is 1. The summed E-state index contributed by atoms with van der Waals surface area (Å²) in [4.78, 5) is 13.0. The minimum atomic E-state index is -3.51. The van der Waals surface area contributed by atoms with Crippen LogP contribution in [0.15, 0.2) is 53.4 Å². The Kier molecular flexibility index (Phi) is 9.04. The summed E-state index contributed by atoms with van der Waals surface area (Å²) < 4.78 is 33.1. The van der Waals surface area contributed by atoms with E-state index in [0.717, 1.165) is 19.3 Å². The largest absolute Gasteiger partial charge is 0.493 e. The van der Waals surface area contributed by atoms with E-state index in [4.69, 9.17) is 17.0 Å². The SMILES string of the molecule is CC(C)CCOc1ccccc1C(=O)NC(=S)Nc1ccc(S(=O)(=O)N2CCC(C)CC2)cc1. The molecule has 2 aromatic carbocycles. The van der Waals surface area contributed by atoms with Crippen LogP contribution in [0.25, 0.3) is 0 Å². The lowest BCUT2D eigenvalue weighted by atomic mass is 10.0. The molecule has 1 heterocycles. The molecule has 2 N–H and O–H groups in total. The predicted octanol–water partition coefficient (Wildman–Crippen LogP) is 4.66. The van der Waals surface area contributed by atoms with Crippen LogP contribution in [0.1, 0.15) is 50.4 Å². The number of carbonyl (C=O) groups excluding carboxylic acids is 1. The summed E-state index contributed by atoms with van der Waals surface area (Å²) in [5, 5.41) is 5.71. The normalized spacial score (nSPS) is 15.2. The van der Waals surface area contributed by atoms with E-state index in [1.165, 1.54) is 0 Å². The summed E-state index contributed by atoms with van der Waals surface area (Å²) in [5.74, 6) is 1.18. The monoisotopic (exact) mass is 503 g/mol. The second-order valence-electron chi connectivity index (χ2n) is 9.05. The Hall–Kier alpha value is -2.49. The minimum Gasteiger partial charge on any atom is -0.493 e. The van der Waals surface area contributed by atoms with E-state index in [-0.39, 0.29) is 15.9 Å². The Bertz CT molecular complexity index is 1090. The third kappa shape index (κ3) is 7.01. The van der Waals surface area contributed by atoms with E-state index in [1.807, 2.05) is 6.07 Å². The fourth-order valence-electron chi connectivity index (χ4n) is 3.60. The number of hydrogen-bond acceptors (Lipinski definition) is 5. The Balaban J connectivity index is 1.59. The van der Waals surface area contributed by atoms with Crippen molar-refractivity contribution in [2.75, 3.05) is 25.0 Å². The second-order valence-corrected chi connectivity index (χ2v) is 11.4. The molecule has 1 saturated heterocycles. The van der Waals surface area contributed by atoms with Crippen molar-refractivity contribution >= 4 is 38.9 Å². The van der Waals surface area contributed by atoms with Gasteiger partial charge in [0.2, 0.25) is 10.0 Å². The zero-order valence-electron chi connectivity index (χ0n) is 19.9. The highest BCUT2D eigenvalue weighted by atomic mass is 32.2. The first-order valence-electron chi connectivity index (χ1n) is 11.6. The van der Waals surface area contributed by atoms with Crippen LogP contribution in [0.4, 0.5) is 5.69 Å². The van der Waals surface area contributed by atoms with E-state index in [0.29, 0.717) is 48.5 Å². The quantitative estimate of drug-likeness (QED) is 0.510. The van der Waals surface area contributed by atoms with Gasteiger partial charge < -0.3 is 10.1 Å². The number of rotatable bonds is 8. The third-order valence-corrected chi connectivity index (χ3v) is 7.92. The standard InChI is InChI=1S/C25H33N3O4S2/c1-18(2)14-17-32-23-7-5-4-6-22(23)24(29)27-25(33)26-20-8-10-21(11-9-20)34(30,31)28-15-12-19(3)13-16-28/h4-11,18-19H,12-17H2,1-3H3,(H2,26,27,29,33). The fourth-order valence-corrected chi connectivity index (χ4v) is 5.28. The maximum atomic E-state index is 12.9. The maximum absolute atomic E-state index is 12.9. The van der Waals surface area contributed by atoms with E-state index in [1.54, 1.807) is 46.8 Å². The van der Waals surface area contributed by atoms with Gasteiger partial charge in [0.15, 0.2) is 5.11 Å². The van der Waals surface area contributed by atoms with Gasteiger partial charge in [0, 0.05) is 18.8 Å². The summed E-state index contributed by atoms with van der Waals surface area (Å²) in [6.07, 6.45) is 2.63. The maximum Gasteiger partial charge on any atom is 0.261 e. The van der Waals surface area contributed by atoms with Crippen molar-refractivity contribution in [1.29, 1.82) is 0 Å². The fraction of sp³-hybridized carbons (Fsp3) is 0.440. The molecule has 7 nitrogen and oxygen atoms in total. The summed E-state index contributed by atoms with van der Waals surface area (Å²) in [6.45, 7) is 7.98. The van der Waals surface area contributed by atoms with Crippen molar-refractivity contribution in [3.8, 4) is 5.75 Å². The number of carbonyl (C=O) groups is 1. The van der Waals surface area contributed by atoms with Crippen LogP contribution in [0.2, 0.25) is 0 Å². The van der Waals surface area contributed by atoms with Gasteiger partial charge in [0.05, 0.1) is 17.1 Å². The van der Waals surface area contributed by atoms with Crippen molar-refractivity contribution in [3.05, 3.63) is 54.1 Å². The molecule has 0 saturated carbocycles. The Morgan fingerprint density at radius 3 is 2.41 bits per heavy atom. The molecule has 0 bridgehead atoms. The minimum absolute atomic E-state index is 0.114. The summed E-state index contributed by atoms with van der Waals surface area (Å²) in [6, 6.07) is 13.4. The molecule has 1 aliphatic rings. The van der Waals surface area contributed by atoms with Gasteiger partial charge in [-0.2, -0.15) is 4.31 Å². The van der Waals surface area contributed by atoms with Crippen LogP contribution in [-0.4, -0.2) is 43.4 Å². The molecule has 9 heteroatoms. The number of thiocarbonyl (C=S) groups is 1. The van der Waals surface area contributed by atoms with Gasteiger partial charge in [0.1, 0.15) is 5.75 Å². The van der Waals surface area contributed by atoms with Gasteiger partial charge in [-0.1, -0.05) is 32.9 Å². The molecule has 1 amide bonds. The molecular weight excluding hydrogens is 470 g/mol. The van der Waals surface area contributed by atoms with Crippen molar-refractivity contribution < 1.29 is 17.9 Å².